The number of hydrogen-bond donors (Lipinski definition) is 1. The van der Waals surface area contributed by atoms with Crippen LogP contribution in [0.25, 0.3) is 0 Å². The van der Waals surface area contributed by atoms with E-state index in [0.29, 0.717) is 19.1 Å². The molecule has 1 N–H and O–H groups in total. The molecule has 10 nitrogen and oxygen atoms in total. The number of anilines is 2. The molecule has 1 aliphatic carbocycles. The number of benzene rings is 1. The van der Waals surface area contributed by atoms with Gasteiger partial charge in [-0.3, -0.25) is 24.6 Å². The van der Waals surface area contributed by atoms with Gasteiger partial charge >= 0.3 is 18.4 Å². The molecular weight excluding hydrogens is 435 g/mol. The number of ether oxygens (including phenoxy) is 2. The minimum Gasteiger partial charge on any atom is -0.405 e. The molecule has 3 fully saturated rings. The molecule has 11 heteroatoms. The van der Waals surface area contributed by atoms with Gasteiger partial charge in [0.05, 0.1) is 16.2 Å². The molecule has 4 rings (SSSR count). The summed E-state index contributed by atoms with van der Waals surface area (Å²) in [4.78, 5) is 40.4. The molecule has 0 atom stereocenters. The first-order chi connectivity index (χ1) is 15.7. The van der Waals surface area contributed by atoms with Crippen LogP contribution in [0, 0.1) is 28.3 Å². The summed E-state index contributed by atoms with van der Waals surface area (Å²) in [5.74, 6) is -2.17. The lowest BCUT2D eigenvalue weighted by atomic mass is 9.82. The Labute approximate surface area is 191 Å². The molecular formula is C22H29FN4O6. The van der Waals surface area contributed by atoms with Gasteiger partial charge in [-0.05, 0) is 38.7 Å². The van der Waals surface area contributed by atoms with Crippen molar-refractivity contribution in [2.24, 2.45) is 5.41 Å². The van der Waals surface area contributed by atoms with E-state index in [1.807, 2.05) is 4.90 Å². The molecule has 2 aliphatic heterocycles. The lowest BCUT2D eigenvalue weighted by molar-refractivity contribution is -0.384. The van der Waals surface area contributed by atoms with Gasteiger partial charge in [0.2, 0.25) is 0 Å². The van der Waals surface area contributed by atoms with Crippen molar-refractivity contribution in [1.29, 1.82) is 0 Å². The number of hydrogen-bond acceptors (Lipinski definition) is 9. The third-order valence-electron chi connectivity index (χ3n) is 7.04. The molecule has 1 aromatic carbocycles. The van der Waals surface area contributed by atoms with E-state index in [0.717, 1.165) is 13.1 Å². The number of nitro benzene ring substituents is 1. The normalized spacial score (nSPS) is 21.5. The van der Waals surface area contributed by atoms with E-state index < -0.39 is 40.2 Å². The molecule has 0 bridgehead atoms. The van der Waals surface area contributed by atoms with E-state index in [4.69, 9.17) is 9.47 Å². The minimum atomic E-state index is -1.54. The van der Waals surface area contributed by atoms with Crippen molar-refractivity contribution >= 4 is 29.0 Å². The van der Waals surface area contributed by atoms with Crippen LogP contribution in [0.3, 0.4) is 0 Å². The van der Waals surface area contributed by atoms with Gasteiger partial charge in [-0.2, -0.15) is 0 Å². The molecule has 0 unspecified atom stereocenters. The summed E-state index contributed by atoms with van der Waals surface area (Å²) in [7, 11) is 0. The maximum atomic E-state index is 15.2. The highest BCUT2D eigenvalue weighted by molar-refractivity contribution is 6.01. The van der Waals surface area contributed by atoms with E-state index in [9.17, 15) is 19.7 Å². The molecule has 1 aromatic rings. The van der Waals surface area contributed by atoms with Crippen LogP contribution in [0.5, 0.6) is 0 Å². The number of halogens is 1. The summed E-state index contributed by atoms with van der Waals surface area (Å²) in [5.41, 5.74) is -1.89. The van der Waals surface area contributed by atoms with E-state index in [2.05, 4.69) is 10.2 Å². The third-order valence-corrected chi connectivity index (χ3v) is 7.04. The quantitative estimate of drug-likeness (QED) is 0.281. The Morgan fingerprint density at radius 1 is 1.15 bits per heavy atom. The van der Waals surface area contributed by atoms with E-state index in [1.54, 1.807) is 13.8 Å². The van der Waals surface area contributed by atoms with Crippen LogP contribution in [0.15, 0.2) is 6.07 Å². The van der Waals surface area contributed by atoms with Crippen molar-refractivity contribution in [1.82, 2.24) is 4.90 Å². The first-order valence-electron chi connectivity index (χ1n) is 11.4. The lowest BCUT2D eigenvalue weighted by Crippen LogP contribution is -2.51. The number of nitro groups is 1. The fraction of sp³-hybridized carbons (Fsp3) is 0.636. The molecule has 2 heterocycles. The average Bonchev–Trinajstić information content (AvgIpc) is 3.62. The summed E-state index contributed by atoms with van der Waals surface area (Å²) < 4.78 is 25.7. The van der Waals surface area contributed by atoms with Crippen LogP contribution in [0.4, 0.5) is 21.5 Å². The average molecular weight is 464 g/mol. The smallest absolute Gasteiger partial charge is 0.329 e. The number of carbonyl (C=O) groups is 2. The number of nitrogens with zero attached hydrogens (tertiary/aromatic N) is 3. The molecule has 0 amide bonds. The lowest BCUT2D eigenvalue weighted by Gasteiger charge is -2.37. The van der Waals surface area contributed by atoms with Crippen LogP contribution in [-0.4, -0.2) is 60.4 Å². The van der Waals surface area contributed by atoms with Crippen LogP contribution in [0.1, 0.15) is 45.1 Å². The number of rotatable bonds is 7. The zero-order chi connectivity index (χ0) is 23.9. The number of nitrogens with one attached hydrogen (secondary N) is 1. The third kappa shape index (κ3) is 4.09. The molecule has 0 spiro atoms. The van der Waals surface area contributed by atoms with E-state index in [-0.39, 0.29) is 29.8 Å². The highest BCUT2D eigenvalue weighted by Gasteiger charge is 2.51. The second-order valence-electron chi connectivity index (χ2n) is 8.82. The van der Waals surface area contributed by atoms with Crippen LogP contribution in [-0.2, 0) is 19.1 Å². The second kappa shape index (κ2) is 8.77. The summed E-state index contributed by atoms with van der Waals surface area (Å²) in [5, 5.41) is 14.4. The Bertz CT molecular complexity index is 950. The van der Waals surface area contributed by atoms with Crippen molar-refractivity contribution in [2.75, 3.05) is 36.4 Å². The molecule has 0 aromatic heterocycles. The SMILES string of the molecule is CCC1(CC)C(=O)OC(Nc2cc(N3CCN(C4CC4)CC3)c(F)c(C)c2[N+](=O)[O-])OC1=O. The van der Waals surface area contributed by atoms with Crippen molar-refractivity contribution in [3.05, 3.63) is 27.6 Å². The Balaban J connectivity index is 1.60. The Kier molecular flexibility index (Phi) is 6.17. The molecule has 180 valence electrons. The van der Waals surface area contributed by atoms with Crippen molar-refractivity contribution in [2.45, 2.75) is 58.9 Å². The zero-order valence-corrected chi connectivity index (χ0v) is 19.1. The number of carbonyl (C=O) groups excluding carboxylic acids is 2. The molecule has 0 radical (unpaired) electrons. The molecule has 33 heavy (non-hydrogen) atoms. The first kappa shape index (κ1) is 23.2. The van der Waals surface area contributed by atoms with Gasteiger partial charge in [0, 0.05) is 32.2 Å². The predicted octanol–water partition coefficient (Wildman–Crippen LogP) is 2.93. The van der Waals surface area contributed by atoms with Crippen molar-refractivity contribution in [3.8, 4) is 0 Å². The highest BCUT2D eigenvalue weighted by Crippen LogP contribution is 2.40. The number of esters is 2. The van der Waals surface area contributed by atoms with Crippen molar-refractivity contribution < 1.29 is 28.4 Å². The second-order valence-corrected chi connectivity index (χ2v) is 8.82. The fourth-order valence-electron chi connectivity index (χ4n) is 4.65. The van der Waals surface area contributed by atoms with Gasteiger partial charge in [0.25, 0.3) is 5.69 Å². The van der Waals surface area contributed by atoms with E-state index >= 15 is 4.39 Å². The van der Waals surface area contributed by atoms with Gasteiger partial charge in [-0.25, -0.2) is 4.39 Å². The maximum Gasteiger partial charge on any atom is 0.329 e. The predicted molar refractivity (Wildman–Crippen MR) is 117 cm³/mol. The van der Waals surface area contributed by atoms with Crippen LogP contribution >= 0.6 is 0 Å². The number of piperazine rings is 1. The van der Waals surface area contributed by atoms with Gasteiger partial charge in [-0.1, -0.05) is 13.8 Å². The summed E-state index contributed by atoms with van der Waals surface area (Å²) in [6, 6.07) is 1.94. The molecule has 1 saturated carbocycles. The fourth-order valence-corrected chi connectivity index (χ4v) is 4.65. The Morgan fingerprint density at radius 3 is 2.21 bits per heavy atom. The standard InChI is InChI=1S/C22H29FN4O6/c1-4-22(5-2)19(28)32-21(33-20(22)29)24-15-12-16(17(23)13(3)18(15)27(30)31)26-10-8-25(9-11-26)14-6-7-14/h12,14,21,24H,4-11H2,1-3H3. The number of cyclic esters (lactones) is 2. The maximum absolute atomic E-state index is 15.2. The summed E-state index contributed by atoms with van der Waals surface area (Å²) in [6.45, 7) is 7.46. The van der Waals surface area contributed by atoms with Gasteiger partial charge in [0.1, 0.15) is 5.69 Å². The Hall–Kier alpha value is -2.95. The Morgan fingerprint density at radius 2 is 1.73 bits per heavy atom. The van der Waals surface area contributed by atoms with E-state index in [1.165, 1.54) is 25.8 Å². The minimum absolute atomic E-state index is 0.0791. The monoisotopic (exact) mass is 464 g/mol. The molecule has 2 saturated heterocycles. The van der Waals surface area contributed by atoms with Crippen LogP contribution < -0.4 is 10.2 Å². The zero-order valence-electron chi connectivity index (χ0n) is 19.1. The van der Waals surface area contributed by atoms with Crippen LogP contribution in [0.2, 0.25) is 0 Å². The summed E-state index contributed by atoms with van der Waals surface area (Å²) in [6.07, 6.45) is 1.26. The van der Waals surface area contributed by atoms with Crippen molar-refractivity contribution in [3.63, 3.8) is 0 Å². The topological polar surface area (TPSA) is 114 Å². The van der Waals surface area contributed by atoms with Gasteiger partial charge < -0.3 is 19.7 Å². The highest BCUT2D eigenvalue weighted by atomic mass is 19.1. The first-order valence-corrected chi connectivity index (χ1v) is 11.4. The van der Waals surface area contributed by atoms with Gasteiger partial charge in [-0.15, -0.1) is 0 Å². The summed E-state index contributed by atoms with van der Waals surface area (Å²) >= 11 is 0. The van der Waals surface area contributed by atoms with Gasteiger partial charge in [0.15, 0.2) is 11.2 Å². The largest absolute Gasteiger partial charge is 0.405 e. The molecule has 3 aliphatic rings.